The molecule has 2 heterocycles. The number of amides is 1. The highest BCUT2D eigenvalue weighted by atomic mass is 32.2. The van der Waals surface area contributed by atoms with Crippen LogP contribution in [0, 0.1) is 0 Å². The molecule has 0 aliphatic carbocycles. The third-order valence-corrected chi connectivity index (χ3v) is 5.23. The summed E-state index contributed by atoms with van der Waals surface area (Å²) in [6.45, 7) is 2.97. The first-order chi connectivity index (χ1) is 14.1. The fourth-order valence-corrected chi connectivity index (χ4v) is 3.55. The maximum atomic E-state index is 12.4. The molecule has 9 nitrogen and oxygen atoms in total. The number of hydrogen-bond donors (Lipinski definition) is 2. The molecule has 1 aliphatic rings. The quantitative estimate of drug-likeness (QED) is 0.591. The molecule has 0 spiro atoms. The van der Waals surface area contributed by atoms with Gasteiger partial charge in [0.2, 0.25) is 11.1 Å². The molecule has 1 aliphatic heterocycles. The fraction of sp³-hybridized carbons (Fsp3) is 0.263. The van der Waals surface area contributed by atoms with Gasteiger partial charge in [0, 0.05) is 0 Å². The first-order valence-corrected chi connectivity index (χ1v) is 9.98. The van der Waals surface area contributed by atoms with Crippen LogP contribution in [0.4, 0.5) is 0 Å². The van der Waals surface area contributed by atoms with Crippen molar-refractivity contribution in [3.8, 4) is 22.9 Å². The van der Waals surface area contributed by atoms with Crippen LogP contribution in [-0.2, 0) is 4.79 Å². The predicted octanol–water partition coefficient (Wildman–Crippen LogP) is 2.11. The van der Waals surface area contributed by atoms with Crippen molar-refractivity contribution >= 4 is 17.7 Å². The minimum absolute atomic E-state index is 0.141. The standard InChI is InChI=1S/C19H19N5O4S/c1-12(13-2-7-16-17(10-13)28-9-8-27-16)20-18(26)11-29-19-21-22-23-24(19)14-3-5-15(25)6-4-14/h2-7,10,12,25H,8-9,11H2,1H3,(H,20,26). The fourth-order valence-electron chi connectivity index (χ4n) is 2.85. The molecular weight excluding hydrogens is 394 g/mol. The number of fused-ring (bicyclic) bond motifs is 1. The lowest BCUT2D eigenvalue weighted by Crippen LogP contribution is -2.28. The molecule has 4 rings (SSSR count). The van der Waals surface area contributed by atoms with Crippen LogP contribution in [0.15, 0.2) is 47.6 Å². The number of ether oxygens (including phenoxy) is 2. The van der Waals surface area contributed by atoms with Gasteiger partial charge in [0.15, 0.2) is 11.5 Å². The second-order valence-corrected chi connectivity index (χ2v) is 7.31. The van der Waals surface area contributed by atoms with Gasteiger partial charge < -0.3 is 19.9 Å². The Balaban J connectivity index is 1.36. The Morgan fingerprint density at radius 3 is 2.76 bits per heavy atom. The predicted molar refractivity (Wildman–Crippen MR) is 106 cm³/mol. The van der Waals surface area contributed by atoms with Crippen molar-refractivity contribution in [3.05, 3.63) is 48.0 Å². The Hall–Kier alpha value is -3.27. The lowest BCUT2D eigenvalue weighted by Gasteiger charge is -2.21. The molecule has 0 radical (unpaired) electrons. The molecule has 150 valence electrons. The molecule has 1 amide bonds. The van der Waals surface area contributed by atoms with Gasteiger partial charge in [0.25, 0.3) is 0 Å². The van der Waals surface area contributed by atoms with Gasteiger partial charge in [-0.05, 0) is 59.3 Å². The number of tetrazole rings is 1. The molecule has 29 heavy (non-hydrogen) atoms. The van der Waals surface area contributed by atoms with Gasteiger partial charge in [-0.3, -0.25) is 4.79 Å². The maximum Gasteiger partial charge on any atom is 0.230 e. The Labute approximate surface area is 171 Å². The molecule has 2 N–H and O–H groups in total. The maximum absolute atomic E-state index is 12.4. The number of rotatable bonds is 6. The van der Waals surface area contributed by atoms with Crippen LogP contribution in [-0.4, -0.2) is 50.2 Å². The zero-order chi connectivity index (χ0) is 20.2. The SMILES string of the molecule is CC(NC(=O)CSc1nnnn1-c1ccc(O)cc1)c1ccc2c(c1)OCCO2. The minimum atomic E-state index is -0.188. The van der Waals surface area contributed by atoms with E-state index in [-0.39, 0.29) is 23.5 Å². The molecular formula is C19H19N5O4S. The molecule has 1 atom stereocenters. The number of benzene rings is 2. The number of phenols is 1. The summed E-state index contributed by atoms with van der Waals surface area (Å²) in [5.41, 5.74) is 1.63. The van der Waals surface area contributed by atoms with Gasteiger partial charge in [-0.25, -0.2) is 0 Å². The number of carbonyl (C=O) groups is 1. The summed E-state index contributed by atoms with van der Waals surface area (Å²) in [4.78, 5) is 12.4. The van der Waals surface area contributed by atoms with Crippen LogP contribution < -0.4 is 14.8 Å². The van der Waals surface area contributed by atoms with Gasteiger partial charge in [0.05, 0.1) is 17.5 Å². The lowest BCUT2D eigenvalue weighted by atomic mass is 10.1. The largest absolute Gasteiger partial charge is 0.508 e. The molecule has 0 saturated heterocycles. The zero-order valence-corrected chi connectivity index (χ0v) is 16.4. The van der Waals surface area contributed by atoms with Crippen molar-refractivity contribution in [2.24, 2.45) is 0 Å². The molecule has 3 aromatic rings. The Morgan fingerprint density at radius 2 is 1.97 bits per heavy atom. The number of nitrogens with zero attached hydrogens (tertiary/aromatic N) is 4. The van der Waals surface area contributed by atoms with Crippen LogP contribution in [0.1, 0.15) is 18.5 Å². The minimum Gasteiger partial charge on any atom is -0.508 e. The first-order valence-electron chi connectivity index (χ1n) is 8.99. The van der Waals surface area contributed by atoms with Crippen molar-refractivity contribution in [1.82, 2.24) is 25.5 Å². The zero-order valence-electron chi connectivity index (χ0n) is 15.6. The van der Waals surface area contributed by atoms with Crippen LogP contribution in [0.3, 0.4) is 0 Å². The van der Waals surface area contributed by atoms with Crippen LogP contribution in [0.25, 0.3) is 5.69 Å². The van der Waals surface area contributed by atoms with E-state index in [4.69, 9.17) is 9.47 Å². The number of phenolic OH excluding ortho intramolecular Hbond substituents is 1. The van der Waals surface area contributed by atoms with E-state index in [2.05, 4.69) is 20.8 Å². The Kier molecular flexibility index (Phi) is 5.52. The van der Waals surface area contributed by atoms with Gasteiger partial charge in [-0.2, -0.15) is 4.68 Å². The van der Waals surface area contributed by atoms with E-state index < -0.39 is 0 Å². The van der Waals surface area contributed by atoms with Crippen molar-refractivity contribution in [3.63, 3.8) is 0 Å². The second-order valence-electron chi connectivity index (χ2n) is 6.37. The summed E-state index contributed by atoms with van der Waals surface area (Å²) in [6, 6.07) is 12.0. The van der Waals surface area contributed by atoms with Crippen molar-refractivity contribution in [2.45, 2.75) is 18.1 Å². The van der Waals surface area contributed by atoms with E-state index in [1.165, 1.54) is 16.4 Å². The third kappa shape index (κ3) is 4.43. The number of aromatic nitrogens is 4. The van der Waals surface area contributed by atoms with E-state index in [0.717, 1.165) is 11.3 Å². The van der Waals surface area contributed by atoms with Crippen LogP contribution in [0.2, 0.25) is 0 Å². The number of hydrogen-bond acceptors (Lipinski definition) is 8. The number of carbonyl (C=O) groups excluding carboxylic acids is 1. The Bertz CT molecular complexity index is 1010. The third-order valence-electron chi connectivity index (χ3n) is 4.31. The number of thioether (sulfide) groups is 1. The summed E-state index contributed by atoms with van der Waals surface area (Å²) < 4.78 is 12.6. The topological polar surface area (TPSA) is 111 Å². The van der Waals surface area contributed by atoms with Gasteiger partial charge in [-0.1, -0.05) is 17.8 Å². The summed E-state index contributed by atoms with van der Waals surface area (Å²) in [5, 5.41) is 24.4. The van der Waals surface area contributed by atoms with E-state index >= 15 is 0 Å². The van der Waals surface area contributed by atoms with E-state index in [1.54, 1.807) is 24.3 Å². The molecule has 0 bridgehead atoms. The summed E-state index contributed by atoms with van der Waals surface area (Å²) >= 11 is 1.23. The van der Waals surface area contributed by atoms with Crippen molar-refractivity contribution in [1.29, 1.82) is 0 Å². The molecule has 1 aromatic heterocycles. The lowest BCUT2D eigenvalue weighted by molar-refractivity contribution is -0.119. The first kappa shape index (κ1) is 19.1. The van der Waals surface area contributed by atoms with Gasteiger partial charge in [-0.15, -0.1) is 5.10 Å². The van der Waals surface area contributed by atoms with E-state index in [1.807, 2.05) is 25.1 Å². The van der Waals surface area contributed by atoms with Crippen LogP contribution in [0.5, 0.6) is 17.2 Å². The van der Waals surface area contributed by atoms with Gasteiger partial charge >= 0.3 is 0 Å². The molecule has 1 unspecified atom stereocenters. The highest BCUT2D eigenvalue weighted by Gasteiger charge is 2.17. The highest BCUT2D eigenvalue weighted by Crippen LogP contribution is 2.32. The smallest absolute Gasteiger partial charge is 0.230 e. The monoisotopic (exact) mass is 413 g/mol. The van der Waals surface area contributed by atoms with Crippen molar-refractivity contribution < 1.29 is 19.4 Å². The average molecular weight is 413 g/mol. The van der Waals surface area contributed by atoms with Gasteiger partial charge in [0.1, 0.15) is 19.0 Å². The normalized spacial score (nSPS) is 13.7. The molecule has 0 saturated carbocycles. The Morgan fingerprint density at radius 1 is 1.21 bits per heavy atom. The average Bonchev–Trinajstić information content (AvgIpc) is 3.21. The summed E-state index contributed by atoms with van der Waals surface area (Å²) in [6.07, 6.45) is 0. The molecule has 2 aromatic carbocycles. The van der Waals surface area contributed by atoms with E-state index in [9.17, 15) is 9.90 Å². The molecule has 0 fully saturated rings. The summed E-state index contributed by atoms with van der Waals surface area (Å²) in [7, 11) is 0. The highest BCUT2D eigenvalue weighted by molar-refractivity contribution is 7.99. The van der Waals surface area contributed by atoms with Crippen molar-refractivity contribution in [2.75, 3.05) is 19.0 Å². The molecule has 10 heteroatoms. The van der Waals surface area contributed by atoms with E-state index in [0.29, 0.717) is 29.8 Å². The second kappa shape index (κ2) is 8.39. The summed E-state index contributed by atoms with van der Waals surface area (Å²) in [5.74, 6) is 1.58. The number of nitrogens with one attached hydrogen (secondary N) is 1. The number of aromatic hydroxyl groups is 1. The van der Waals surface area contributed by atoms with Crippen LogP contribution >= 0.6 is 11.8 Å².